The van der Waals surface area contributed by atoms with Crippen molar-refractivity contribution in [1.29, 1.82) is 0 Å². The standard InChI is InChI=1S/C19H22N4O4/c24-19(25)11-22(10-12-1-2-12)16-8-14(9-16)20-18-6-3-13-7-15(23(26)27)4-5-17(13)21-18/h3-7,12,14,16H,1-2,8-11H2,(H,20,21)(H,24,25). The second-order valence-corrected chi connectivity index (χ2v) is 7.56. The van der Waals surface area contributed by atoms with Gasteiger partial charge in [0.2, 0.25) is 0 Å². The van der Waals surface area contributed by atoms with Crippen LogP contribution in [-0.4, -0.2) is 51.1 Å². The highest BCUT2D eigenvalue weighted by atomic mass is 16.6. The van der Waals surface area contributed by atoms with Crippen LogP contribution in [0.3, 0.4) is 0 Å². The van der Waals surface area contributed by atoms with E-state index in [-0.39, 0.29) is 18.3 Å². The molecule has 2 aliphatic rings. The second-order valence-electron chi connectivity index (χ2n) is 7.56. The lowest BCUT2D eigenvalue weighted by Gasteiger charge is -2.43. The summed E-state index contributed by atoms with van der Waals surface area (Å²) in [6, 6.07) is 8.88. The summed E-state index contributed by atoms with van der Waals surface area (Å²) in [5, 5.41) is 24.1. The highest BCUT2D eigenvalue weighted by molar-refractivity contribution is 5.82. The maximum Gasteiger partial charge on any atom is 0.317 e. The zero-order valence-corrected chi connectivity index (χ0v) is 14.9. The van der Waals surface area contributed by atoms with Gasteiger partial charge in [-0.2, -0.15) is 0 Å². The zero-order chi connectivity index (χ0) is 19.0. The van der Waals surface area contributed by atoms with E-state index in [1.807, 2.05) is 12.1 Å². The van der Waals surface area contributed by atoms with Crippen LogP contribution in [0.25, 0.3) is 10.9 Å². The van der Waals surface area contributed by atoms with Crippen molar-refractivity contribution in [1.82, 2.24) is 9.88 Å². The van der Waals surface area contributed by atoms with E-state index in [1.54, 1.807) is 6.07 Å². The molecule has 1 heterocycles. The lowest BCUT2D eigenvalue weighted by molar-refractivity contribution is -0.384. The molecule has 0 spiro atoms. The van der Waals surface area contributed by atoms with Crippen LogP contribution >= 0.6 is 0 Å². The Labute approximate surface area is 156 Å². The Balaban J connectivity index is 1.36. The molecule has 0 amide bonds. The molecular formula is C19H22N4O4. The molecule has 2 aliphatic carbocycles. The average Bonchev–Trinajstić information content (AvgIpc) is 3.40. The number of carboxylic acids is 1. The Hall–Kier alpha value is -2.74. The second kappa shape index (κ2) is 7.11. The lowest BCUT2D eigenvalue weighted by atomic mass is 9.85. The van der Waals surface area contributed by atoms with E-state index in [0.29, 0.717) is 17.5 Å². The van der Waals surface area contributed by atoms with Gasteiger partial charge < -0.3 is 10.4 Å². The Morgan fingerprint density at radius 1 is 1.30 bits per heavy atom. The molecule has 2 aromatic rings. The molecule has 2 N–H and O–H groups in total. The number of hydrogen-bond donors (Lipinski definition) is 2. The number of rotatable bonds is 8. The van der Waals surface area contributed by atoms with E-state index < -0.39 is 10.9 Å². The first kappa shape index (κ1) is 17.7. The first-order chi connectivity index (χ1) is 13.0. The number of anilines is 1. The van der Waals surface area contributed by atoms with Crippen LogP contribution in [0.4, 0.5) is 11.5 Å². The molecule has 4 rings (SSSR count). The normalized spacial score (nSPS) is 21.8. The molecule has 0 bridgehead atoms. The van der Waals surface area contributed by atoms with Crippen molar-refractivity contribution in [3.63, 3.8) is 0 Å². The molecule has 2 fully saturated rings. The zero-order valence-electron chi connectivity index (χ0n) is 14.9. The van der Waals surface area contributed by atoms with Crippen LogP contribution in [0, 0.1) is 16.0 Å². The molecule has 8 nitrogen and oxygen atoms in total. The number of non-ortho nitro benzene ring substituents is 1. The highest BCUT2D eigenvalue weighted by Gasteiger charge is 2.37. The summed E-state index contributed by atoms with van der Waals surface area (Å²) in [5.41, 5.74) is 0.767. The van der Waals surface area contributed by atoms with Crippen LogP contribution in [0.1, 0.15) is 25.7 Å². The van der Waals surface area contributed by atoms with Gasteiger partial charge in [0.15, 0.2) is 0 Å². The van der Waals surface area contributed by atoms with Crippen molar-refractivity contribution < 1.29 is 14.8 Å². The third kappa shape index (κ3) is 4.16. The fraction of sp³-hybridized carbons (Fsp3) is 0.474. The summed E-state index contributed by atoms with van der Waals surface area (Å²) in [4.78, 5) is 28.2. The number of carbonyl (C=O) groups is 1. The number of benzene rings is 1. The molecule has 0 saturated heterocycles. The first-order valence-electron chi connectivity index (χ1n) is 9.25. The maximum absolute atomic E-state index is 11.1. The predicted octanol–water partition coefficient (Wildman–Crippen LogP) is 2.88. The summed E-state index contributed by atoms with van der Waals surface area (Å²) >= 11 is 0. The van der Waals surface area contributed by atoms with Crippen molar-refractivity contribution in [2.24, 2.45) is 5.92 Å². The van der Waals surface area contributed by atoms with E-state index in [0.717, 1.165) is 30.6 Å². The quantitative estimate of drug-likeness (QED) is 0.543. The summed E-state index contributed by atoms with van der Waals surface area (Å²) in [6.45, 7) is 0.998. The number of hydrogen-bond acceptors (Lipinski definition) is 6. The number of nitrogens with zero attached hydrogens (tertiary/aromatic N) is 3. The molecule has 142 valence electrons. The Morgan fingerprint density at radius 3 is 2.74 bits per heavy atom. The van der Waals surface area contributed by atoms with Crippen LogP contribution in [0.5, 0.6) is 0 Å². The van der Waals surface area contributed by atoms with E-state index in [4.69, 9.17) is 5.11 Å². The maximum atomic E-state index is 11.1. The molecule has 0 atom stereocenters. The van der Waals surface area contributed by atoms with Gasteiger partial charge in [0.25, 0.3) is 5.69 Å². The summed E-state index contributed by atoms with van der Waals surface area (Å²) in [7, 11) is 0. The fourth-order valence-corrected chi connectivity index (χ4v) is 3.67. The van der Waals surface area contributed by atoms with Crippen molar-refractivity contribution >= 4 is 28.4 Å². The van der Waals surface area contributed by atoms with Gasteiger partial charge in [-0.15, -0.1) is 0 Å². The Bertz CT molecular complexity index is 877. The van der Waals surface area contributed by atoms with Gasteiger partial charge in [-0.1, -0.05) is 0 Å². The Kier molecular flexibility index (Phi) is 4.65. The van der Waals surface area contributed by atoms with E-state index in [1.165, 1.54) is 25.0 Å². The summed E-state index contributed by atoms with van der Waals surface area (Å²) in [6.07, 6.45) is 4.23. The number of nitrogens with one attached hydrogen (secondary N) is 1. The van der Waals surface area contributed by atoms with Gasteiger partial charge in [-0.3, -0.25) is 19.8 Å². The van der Waals surface area contributed by atoms with Crippen molar-refractivity contribution in [2.75, 3.05) is 18.4 Å². The number of carboxylic acid groups (broad SMARTS) is 1. The van der Waals surface area contributed by atoms with Crippen LogP contribution in [-0.2, 0) is 4.79 Å². The van der Waals surface area contributed by atoms with Gasteiger partial charge >= 0.3 is 5.97 Å². The number of fused-ring (bicyclic) bond motifs is 1. The number of nitro groups is 1. The van der Waals surface area contributed by atoms with Crippen molar-refractivity contribution in [3.8, 4) is 0 Å². The van der Waals surface area contributed by atoms with Gasteiger partial charge in [-0.25, -0.2) is 4.98 Å². The van der Waals surface area contributed by atoms with Crippen molar-refractivity contribution in [2.45, 2.75) is 37.8 Å². The first-order valence-corrected chi connectivity index (χ1v) is 9.25. The molecule has 0 radical (unpaired) electrons. The third-order valence-electron chi connectivity index (χ3n) is 5.39. The van der Waals surface area contributed by atoms with E-state index >= 15 is 0 Å². The Morgan fingerprint density at radius 2 is 2.07 bits per heavy atom. The lowest BCUT2D eigenvalue weighted by Crippen LogP contribution is -2.52. The predicted molar refractivity (Wildman–Crippen MR) is 101 cm³/mol. The SMILES string of the molecule is O=C(O)CN(CC1CC1)C1CC(Nc2ccc3cc([N+](=O)[O-])ccc3n2)C1. The molecule has 0 aliphatic heterocycles. The minimum atomic E-state index is -0.766. The molecule has 0 unspecified atom stereocenters. The van der Waals surface area contributed by atoms with Crippen LogP contribution in [0.15, 0.2) is 30.3 Å². The molecule has 1 aromatic carbocycles. The topological polar surface area (TPSA) is 109 Å². The largest absolute Gasteiger partial charge is 0.480 e. The molecule has 27 heavy (non-hydrogen) atoms. The summed E-state index contributed by atoms with van der Waals surface area (Å²) < 4.78 is 0. The van der Waals surface area contributed by atoms with Gasteiger partial charge in [0, 0.05) is 36.1 Å². The van der Waals surface area contributed by atoms with Crippen LogP contribution in [0.2, 0.25) is 0 Å². The van der Waals surface area contributed by atoms with Crippen molar-refractivity contribution in [3.05, 3.63) is 40.4 Å². The van der Waals surface area contributed by atoms with Gasteiger partial charge in [0.05, 0.1) is 17.0 Å². The highest BCUT2D eigenvalue weighted by Crippen LogP contribution is 2.34. The number of aliphatic carboxylic acids is 1. The monoisotopic (exact) mass is 370 g/mol. The van der Waals surface area contributed by atoms with Crippen LogP contribution < -0.4 is 5.32 Å². The molecule has 1 aromatic heterocycles. The average molecular weight is 370 g/mol. The number of nitro benzene ring substituents is 1. The van der Waals surface area contributed by atoms with E-state index in [9.17, 15) is 14.9 Å². The van der Waals surface area contributed by atoms with Gasteiger partial charge in [0.1, 0.15) is 5.82 Å². The minimum absolute atomic E-state index is 0.0565. The third-order valence-corrected chi connectivity index (χ3v) is 5.39. The van der Waals surface area contributed by atoms with Gasteiger partial charge in [-0.05, 0) is 49.8 Å². The molecular weight excluding hydrogens is 348 g/mol. The summed E-state index contributed by atoms with van der Waals surface area (Å²) in [5.74, 6) is 0.645. The minimum Gasteiger partial charge on any atom is -0.480 e. The fourth-order valence-electron chi connectivity index (χ4n) is 3.67. The molecule has 8 heteroatoms. The number of aromatic nitrogens is 1. The smallest absolute Gasteiger partial charge is 0.317 e. The molecule has 2 saturated carbocycles. The number of pyridine rings is 1. The van der Waals surface area contributed by atoms with E-state index in [2.05, 4.69) is 15.2 Å².